The molecular formula is C24H36F3N3O5S. The SMILES string of the molecule is CC(CCN(C)C(=O)OC(C)(C)C)CC(=O)N1CCC(NS(=O)(=O)c2cccc(C(F)(F)F)c2)CC1. The van der Waals surface area contributed by atoms with Crippen molar-refractivity contribution in [3.63, 3.8) is 0 Å². The van der Waals surface area contributed by atoms with Gasteiger partial charge < -0.3 is 14.5 Å². The topological polar surface area (TPSA) is 96.0 Å². The first-order chi connectivity index (χ1) is 16.5. The maximum atomic E-state index is 12.9. The summed E-state index contributed by atoms with van der Waals surface area (Å²) in [5.41, 5.74) is -1.61. The maximum absolute atomic E-state index is 12.9. The predicted molar refractivity (Wildman–Crippen MR) is 129 cm³/mol. The van der Waals surface area contributed by atoms with Crippen LogP contribution in [0.5, 0.6) is 0 Å². The normalized spacial score (nSPS) is 16.5. The highest BCUT2D eigenvalue weighted by atomic mass is 32.2. The molecule has 36 heavy (non-hydrogen) atoms. The van der Waals surface area contributed by atoms with Gasteiger partial charge in [0.05, 0.1) is 10.5 Å². The molecule has 0 saturated carbocycles. The van der Waals surface area contributed by atoms with Gasteiger partial charge in [0, 0.05) is 39.1 Å². The number of hydrogen-bond acceptors (Lipinski definition) is 5. The van der Waals surface area contributed by atoms with Crippen molar-refractivity contribution in [1.29, 1.82) is 0 Å². The van der Waals surface area contributed by atoms with Crippen molar-refractivity contribution < 1.29 is 35.9 Å². The number of hydrogen-bond donors (Lipinski definition) is 1. The summed E-state index contributed by atoms with van der Waals surface area (Å²) in [6, 6.07) is 3.14. The fourth-order valence-electron chi connectivity index (χ4n) is 3.75. The monoisotopic (exact) mass is 535 g/mol. The average Bonchev–Trinajstić information content (AvgIpc) is 2.76. The smallest absolute Gasteiger partial charge is 0.416 e. The van der Waals surface area contributed by atoms with Gasteiger partial charge in [0.25, 0.3) is 0 Å². The van der Waals surface area contributed by atoms with Gasteiger partial charge in [-0.05, 0) is 64.2 Å². The van der Waals surface area contributed by atoms with E-state index >= 15 is 0 Å². The average molecular weight is 536 g/mol. The molecule has 0 spiro atoms. The first kappa shape index (κ1) is 29.9. The molecule has 1 aromatic carbocycles. The van der Waals surface area contributed by atoms with E-state index in [9.17, 15) is 31.2 Å². The van der Waals surface area contributed by atoms with Crippen LogP contribution in [0.2, 0.25) is 0 Å². The van der Waals surface area contributed by atoms with Crippen LogP contribution in [0.4, 0.5) is 18.0 Å². The van der Waals surface area contributed by atoms with E-state index in [0.29, 0.717) is 51.4 Å². The summed E-state index contributed by atoms with van der Waals surface area (Å²) >= 11 is 0. The largest absolute Gasteiger partial charge is 0.444 e. The summed E-state index contributed by atoms with van der Waals surface area (Å²) in [5.74, 6) is -0.0267. The lowest BCUT2D eigenvalue weighted by Gasteiger charge is -2.33. The maximum Gasteiger partial charge on any atom is 0.416 e. The third-order valence-electron chi connectivity index (χ3n) is 5.83. The van der Waals surface area contributed by atoms with Gasteiger partial charge in [0.2, 0.25) is 15.9 Å². The lowest BCUT2D eigenvalue weighted by atomic mass is 10.0. The van der Waals surface area contributed by atoms with E-state index < -0.39 is 44.4 Å². The molecule has 0 aromatic heterocycles. The number of ether oxygens (including phenoxy) is 1. The Kier molecular flexibility index (Phi) is 9.80. The first-order valence-electron chi connectivity index (χ1n) is 11.9. The molecular weight excluding hydrogens is 499 g/mol. The van der Waals surface area contributed by atoms with Crippen LogP contribution in [0, 0.1) is 5.92 Å². The number of rotatable bonds is 8. The molecule has 2 rings (SSSR count). The van der Waals surface area contributed by atoms with Crippen LogP contribution in [-0.4, -0.2) is 68.5 Å². The third kappa shape index (κ3) is 9.27. The van der Waals surface area contributed by atoms with Gasteiger partial charge in [0.1, 0.15) is 5.60 Å². The van der Waals surface area contributed by atoms with Crippen LogP contribution < -0.4 is 4.72 Å². The molecule has 1 saturated heterocycles. The van der Waals surface area contributed by atoms with Gasteiger partial charge in [-0.15, -0.1) is 0 Å². The second-order valence-electron chi connectivity index (χ2n) is 10.3. The van der Waals surface area contributed by atoms with Crippen LogP contribution in [-0.2, 0) is 25.7 Å². The van der Waals surface area contributed by atoms with Crippen molar-refractivity contribution in [3.8, 4) is 0 Å². The molecule has 1 heterocycles. The van der Waals surface area contributed by atoms with Crippen molar-refractivity contribution in [2.24, 2.45) is 5.92 Å². The molecule has 0 aliphatic carbocycles. The Labute approximate surface area is 211 Å². The molecule has 1 unspecified atom stereocenters. The van der Waals surface area contributed by atoms with E-state index in [1.54, 1.807) is 32.7 Å². The molecule has 8 nitrogen and oxygen atoms in total. The third-order valence-corrected chi connectivity index (χ3v) is 7.34. The zero-order valence-corrected chi connectivity index (χ0v) is 22.2. The van der Waals surface area contributed by atoms with Crippen molar-refractivity contribution in [2.75, 3.05) is 26.7 Å². The number of nitrogens with zero attached hydrogens (tertiary/aromatic N) is 2. The van der Waals surface area contributed by atoms with Crippen LogP contribution in [0.15, 0.2) is 29.2 Å². The Morgan fingerprint density at radius 1 is 1.19 bits per heavy atom. The minimum atomic E-state index is -4.64. The number of benzene rings is 1. The van der Waals surface area contributed by atoms with Crippen molar-refractivity contribution >= 4 is 22.0 Å². The zero-order chi connectivity index (χ0) is 27.3. The number of amides is 2. The molecule has 1 N–H and O–H groups in total. The zero-order valence-electron chi connectivity index (χ0n) is 21.4. The van der Waals surface area contributed by atoms with Crippen LogP contribution in [0.25, 0.3) is 0 Å². The van der Waals surface area contributed by atoms with E-state index in [4.69, 9.17) is 4.74 Å². The molecule has 0 bridgehead atoms. The van der Waals surface area contributed by atoms with E-state index in [1.807, 2.05) is 6.92 Å². The summed E-state index contributed by atoms with van der Waals surface area (Å²) in [4.78, 5) is 27.5. The highest BCUT2D eigenvalue weighted by molar-refractivity contribution is 7.89. The van der Waals surface area contributed by atoms with Gasteiger partial charge in [0.15, 0.2) is 0 Å². The molecule has 1 fully saturated rings. The number of alkyl halides is 3. The van der Waals surface area contributed by atoms with Crippen LogP contribution in [0.3, 0.4) is 0 Å². The molecule has 2 amide bonds. The summed E-state index contributed by atoms with van der Waals surface area (Å²) in [5, 5.41) is 0. The number of carbonyl (C=O) groups excluding carboxylic acids is 2. The predicted octanol–water partition coefficient (Wildman–Crippen LogP) is 4.26. The Balaban J connectivity index is 1.81. The van der Waals surface area contributed by atoms with E-state index in [2.05, 4.69) is 4.72 Å². The molecule has 204 valence electrons. The fraction of sp³-hybridized carbons (Fsp3) is 0.667. The van der Waals surface area contributed by atoms with Gasteiger partial charge in [-0.3, -0.25) is 4.79 Å². The Morgan fingerprint density at radius 3 is 2.36 bits per heavy atom. The van der Waals surface area contributed by atoms with E-state index in [0.717, 1.165) is 18.2 Å². The number of likely N-dealkylation sites (tertiary alicyclic amines) is 1. The Morgan fingerprint density at radius 2 is 1.81 bits per heavy atom. The van der Waals surface area contributed by atoms with Gasteiger partial charge in [-0.25, -0.2) is 17.9 Å². The second-order valence-corrected chi connectivity index (χ2v) is 12.0. The lowest BCUT2D eigenvalue weighted by Crippen LogP contribution is -2.46. The Bertz CT molecular complexity index is 1020. The number of carbonyl (C=O) groups is 2. The number of piperidine rings is 1. The van der Waals surface area contributed by atoms with Crippen molar-refractivity contribution in [1.82, 2.24) is 14.5 Å². The minimum Gasteiger partial charge on any atom is -0.444 e. The molecule has 1 aromatic rings. The highest BCUT2D eigenvalue weighted by Crippen LogP contribution is 2.30. The van der Waals surface area contributed by atoms with Gasteiger partial charge in [-0.1, -0.05) is 13.0 Å². The lowest BCUT2D eigenvalue weighted by molar-refractivity contribution is -0.137. The van der Waals surface area contributed by atoms with Gasteiger partial charge in [-0.2, -0.15) is 13.2 Å². The summed E-state index contributed by atoms with van der Waals surface area (Å²) < 4.78 is 71.8. The standard InChI is InChI=1S/C24H36F3N3O5S/c1-17(9-12-29(5)22(32)35-23(2,3)4)15-21(31)30-13-10-19(11-14-30)28-36(33,34)20-8-6-7-18(16-20)24(25,26)27/h6-8,16-17,19,28H,9-15H2,1-5H3. The minimum absolute atomic E-state index is 0.0273. The summed E-state index contributed by atoms with van der Waals surface area (Å²) in [7, 11) is -2.48. The number of sulfonamides is 1. The number of halogens is 3. The second kappa shape index (κ2) is 11.8. The molecule has 0 radical (unpaired) electrons. The number of nitrogens with one attached hydrogen (secondary N) is 1. The Hall–Kier alpha value is -2.34. The van der Waals surface area contributed by atoms with E-state index in [1.165, 1.54) is 4.90 Å². The summed E-state index contributed by atoms with van der Waals surface area (Å²) in [6.45, 7) is 8.44. The first-order valence-corrected chi connectivity index (χ1v) is 13.4. The van der Waals surface area contributed by atoms with Crippen LogP contribution >= 0.6 is 0 Å². The molecule has 1 aliphatic heterocycles. The van der Waals surface area contributed by atoms with Crippen molar-refractivity contribution in [3.05, 3.63) is 29.8 Å². The van der Waals surface area contributed by atoms with Gasteiger partial charge >= 0.3 is 12.3 Å². The highest BCUT2D eigenvalue weighted by Gasteiger charge is 2.33. The van der Waals surface area contributed by atoms with Crippen molar-refractivity contribution in [2.45, 2.75) is 76.1 Å². The molecule has 1 atom stereocenters. The van der Waals surface area contributed by atoms with Crippen LogP contribution in [0.1, 0.15) is 58.9 Å². The fourth-order valence-corrected chi connectivity index (χ4v) is 5.10. The van der Waals surface area contributed by atoms with E-state index in [-0.39, 0.29) is 11.8 Å². The quantitative estimate of drug-likeness (QED) is 0.537. The molecule has 1 aliphatic rings. The molecule has 12 heteroatoms. The summed E-state index contributed by atoms with van der Waals surface area (Å²) in [6.07, 6.45) is -3.42.